The van der Waals surface area contributed by atoms with Crippen LogP contribution in [0.3, 0.4) is 0 Å². The Labute approximate surface area is 142 Å². The summed E-state index contributed by atoms with van der Waals surface area (Å²) < 4.78 is 24.7. The molecule has 0 aromatic heterocycles. The van der Waals surface area contributed by atoms with Crippen molar-refractivity contribution < 1.29 is 13.2 Å². The second-order valence-electron chi connectivity index (χ2n) is 5.29. The van der Waals surface area contributed by atoms with Gasteiger partial charge in [0.1, 0.15) is 0 Å². The molecule has 1 aromatic carbocycles. The van der Waals surface area contributed by atoms with Crippen molar-refractivity contribution in [2.24, 2.45) is 4.99 Å². The van der Waals surface area contributed by atoms with E-state index >= 15 is 0 Å². The molecule has 0 spiro atoms. The number of amides is 1. The monoisotopic (exact) mass is 402 g/mol. The van der Waals surface area contributed by atoms with E-state index in [4.69, 9.17) is 0 Å². The van der Waals surface area contributed by atoms with E-state index in [9.17, 15) is 13.2 Å². The molecule has 8 heteroatoms. The number of hydrogen-bond donors (Lipinski definition) is 0. The van der Waals surface area contributed by atoms with Gasteiger partial charge in [0.05, 0.1) is 17.5 Å². The molecule has 2 saturated heterocycles. The Hall–Kier alpha value is -0.860. The van der Waals surface area contributed by atoms with Crippen LogP contribution in [0, 0.1) is 0 Å². The average Bonchev–Trinajstić information content (AvgIpc) is 2.89. The van der Waals surface area contributed by atoms with E-state index in [1.165, 1.54) is 11.8 Å². The maximum absolute atomic E-state index is 11.9. The third kappa shape index (κ3) is 3.09. The molecule has 0 bridgehead atoms. The fourth-order valence-electron chi connectivity index (χ4n) is 2.68. The van der Waals surface area contributed by atoms with Crippen LogP contribution in [0.25, 0.3) is 0 Å². The zero-order valence-electron chi connectivity index (χ0n) is 11.9. The molecule has 0 radical (unpaired) electrons. The van der Waals surface area contributed by atoms with Gasteiger partial charge in [0.25, 0.3) is 0 Å². The number of amidine groups is 1. The van der Waals surface area contributed by atoms with E-state index < -0.39 is 9.84 Å². The SMILES string of the molecule is CCC(=O)N=C1S[C@@H]2CS(=O)(=O)C[C@@H]2N1c1cccc(Br)c1. The van der Waals surface area contributed by atoms with Gasteiger partial charge in [-0.25, -0.2) is 8.42 Å². The average molecular weight is 403 g/mol. The number of anilines is 1. The molecule has 1 amide bonds. The van der Waals surface area contributed by atoms with Gasteiger partial charge in [0.15, 0.2) is 15.0 Å². The quantitative estimate of drug-likeness (QED) is 0.759. The number of rotatable bonds is 2. The largest absolute Gasteiger partial charge is 0.316 e. The standard InChI is InChI=1S/C14H15BrN2O3S2/c1-2-13(18)16-14-17(10-5-3-4-9(15)6-10)11-7-22(19,20)8-12(11)21-14/h3-6,11-12H,2,7-8H2,1H3/t11-,12+/m0/s1. The Bertz CT molecular complexity index is 748. The zero-order valence-corrected chi connectivity index (χ0v) is 15.1. The molecular weight excluding hydrogens is 388 g/mol. The van der Waals surface area contributed by atoms with Crippen molar-refractivity contribution in [1.82, 2.24) is 0 Å². The number of fused-ring (bicyclic) bond motifs is 1. The molecule has 5 nitrogen and oxygen atoms in total. The van der Waals surface area contributed by atoms with Gasteiger partial charge in [-0.05, 0) is 18.2 Å². The van der Waals surface area contributed by atoms with E-state index in [0.29, 0.717) is 11.6 Å². The van der Waals surface area contributed by atoms with Crippen LogP contribution >= 0.6 is 27.7 Å². The van der Waals surface area contributed by atoms with Gasteiger partial charge in [-0.15, -0.1) is 0 Å². The maximum atomic E-state index is 11.9. The van der Waals surface area contributed by atoms with E-state index in [-0.39, 0.29) is 28.7 Å². The first-order valence-corrected chi connectivity index (χ1v) is 10.4. The van der Waals surface area contributed by atoms with Crippen LogP contribution in [-0.2, 0) is 14.6 Å². The summed E-state index contributed by atoms with van der Waals surface area (Å²) in [5.74, 6) is 0.0632. The highest BCUT2D eigenvalue weighted by Gasteiger charge is 2.49. The molecule has 2 aliphatic rings. The minimum atomic E-state index is -3.03. The summed E-state index contributed by atoms with van der Waals surface area (Å²) in [4.78, 5) is 17.8. The first kappa shape index (κ1) is 16.0. The predicted molar refractivity (Wildman–Crippen MR) is 93.2 cm³/mol. The molecule has 118 valence electrons. The molecular formula is C14H15BrN2O3S2. The molecule has 3 rings (SSSR count). The Morgan fingerprint density at radius 1 is 1.45 bits per heavy atom. The molecule has 2 heterocycles. The number of thioether (sulfide) groups is 1. The zero-order chi connectivity index (χ0) is 15.9. The van der Waals surface area contributed by atoms with Gasteiger partial charge in [-0.2, -0.15) is 4.99 Å². The lowest BCUT2D eigenvalue weighted by Crippen LogP contribution is -2.37. The number of halogens is 1. The normalized spacial score (nSPS) is 28.1. The van der Waals surface area contributed by atoms with Gasteiger partial charge in [-0.3, -0.25) is 4.79 Å². The van der Waals surface area contributed by atoms with Crippen molar-refractivity contribution >= 4 is 54.3 Å². The third-order valence-corrected chi connectivity index (χ3v) is 7.38. The third-order valence-electron chi connectivity index (χ3n) is 3.68. The summed E-state index contributed by atoms with van der Waals surface area (Å²) >= 11 is 4.83. The van der Waals surface area contributed by atoms with Crippen molar-refractivity contribution in [2.45, 2.75) is 24.6 Å². The van der Waals surface area contributed by atoms with Gasteiger partial charge >= 0.3 is 0 Å². The van der Waals surface area contributed by atoms with Crippen LogP contribution in [0.4, 0.5) is 5.69 Å². The molecule has 0 unspecified atom stereocenters. The summed E-state index contributed by atoms with van der Waals surface area (Å²) in [6.07, 6.45) is 0.337. The highest BCUT2D eigenvalue weighted by Crippen LogP contribution is 2.41. The molecule has 22 heavy (non-hydrogen) atoms. The number of aliphatic imine (C=N–C) groups is 1. The fraction of sp³-hybridized carbons (Fsp3) is 0.429. The summed E-state index contributed by atoms with van der Waals surface area (Å²) in [5.41, 5.74) is 0.856. The molecule has 0 N–H and O–H groups in total. The Morgan fingerprint density at radius 3 is 2.91 bits per heavy atom. The lowest BCUT2D eigenvalue weighted by atomic mass is 10.2. The lowest BCUT2D eigenvalue weighted by molar-refractivity contribution is -0.117. The number of benzene rings is 1. The van der Waals surface area contributed by atoms with Gasteiger partial charge < -0.3 is 4.90 Å². The number of carbonyl (C=O) groups is 1. The van der Waals surface area contributed by atoms with Crippen LogP contribution in [0.2, 0.25) is 0 Å². The molecule has 0 saturated carbocycles. The number of carbonyl (C=O) groups excluding carboxylic acids is 1. The van der Waals surface area contributed by atoms with Crippen LogP contribution in [0.5, 0.6) is 0 Å². The predicted octanol–water partition coefficient (Wildman–Crippen LogP) is 2.46. The van der Waals surface area contributed by atoms with Crippen LogP contribution in [-0.4, -0.2) is 42.3 Å². The molecule has 0 aliphatic carbocycles. The maximum Gasteiger partial charge on any atom is 0.247 e. The Kier molecular flexibility index (Phi) is 4.35. The van der Waals surface area contributed by atoms with Gasteiger partial charge in [0.2, 0.25) is 5.91 Å². The number of sulfone groups is 1. The minimum Gasteiger partial charge on any atom is -0.316 e. The molecule has 2 atom stereocenters. The first-order valence-electron chi connectivity index (χ1n) is 6.93. The Balaban J connectivity index is 2.03. The minimum absolute atomic E-state index is 0.0626. The van der Waals surface area contributed by atoms with Crippen LogP contribution < -0.4 is 4.90 Å². The molecule has 1 aromatic rings. The first-order chi connectivity index (χ1) is 10.4. The van der Waals surface area contributed by atoms with Gasteiger partial charge in [-0.1, -0.05) is 40.7 Å². The van der Waals surface area contributed by atoms with Crippen molar-refractivity contribution in [3.8, 4) is 0 Å². The second-order valence-corrected chi connectivity index (χ2v) is 9.57. The van der Waals surface area contributed by atoms with Gasteiger partial charge in [0, 0.05) is 21.8 Å². The van der Waals surface area contributed by atoms with Crippen molar-refractivity contribution in [3.63, 3.8) is 0 Å². The summed E-state index contributed by atoms with van der Waals surface area (Å²) in [5, 5.41) is 0.544. The van der Waals surface area contributed by atoms with E-state index in [1.807, 2.05) is 29.2 Å². The van der Waals surface area contributed by atoms with Crippen LogP contribution in [0.15, 0.2) is 33.7 Å². The topological polar surface area (TPSA) is 66.8 Å². The van der Waals surface area contributed by atoms with Crippen molar-refractivity contribution in [1.29, 1.82) is 0 Å². The van der Waals surface area contributed by atoms with Crippen molar-refractivity contribution in [2.75, 3.05) is 16.4 Å². The summed E-state index contributed by atoms with van der Waals surface area (Å²) in [6, 6.07) is 7.46. The molecule has 2 aliphatic heterocycles. The van der Waals surface area contributed by atoms with Crippen LogP contribution in [0.1, 0.15) is 13.3 Å². The summed E-state index contributed by atoms with van der Waals surface area (Å²) in [6.45, 7) is 1.76. The van der Waals surface area contributed by atoms with E-state index in [0.717, 1.165) is 10.2 Å². The highest BCUT2D eigenvalue weighted by molar-refractivity contribution is 9.10. The summed E-state index contributed by atoms with van der Waals surface area (Å²) in [7, 11) is -3.03. The smallest absolute Gasteiger partial charge is 0.247 e. The number of nitrogens with zero attached hydrogens (tertiary/aromatic N) is 2. The van der Waals surface area contributed by atoms with Crippen molar-refractivity contribution in [3.05, 3.63) is 28.7 Å². The fourth-order valence-corrected chi connectivity index (χ4v) is 7.00. The number of hydrogen-bond acceptors (Lipinski definition) is 4. The second kappa shape index (κ2) is 5.98. The lowest BCUT2D eigenvalue weighted by Gasteiger charge is -2.24. The highest BCUT2D eigenvalue weighted by atomic mass is 79.9. The Morgan fingerprint density at radius 2 is 2.23 bits per heavy atom. The molecule has 2 fully saturated rings. The van der Waals surface area contributed by atoms with E-state index in [1.54, 1.807) is 6.92 Å². The van der Waals surface area contributed by atoms with E-state index in [2.05, 4.69) is 20.9 Å².